The van der Waals surface area contributed by atoms with Crippen LogP contribution in [0.15, 0.2) is 34.9 Å². The second-order valence-corrected chi connectivity index (χ2v) is 7.32. The highest BCUT2D eigenvalue weighted by Crippen LogP contribution is 2.34. The van der Waals surface area contributed by atoms with Crippen LogP contribution in [0.25, 0.3) is 0 Å². The maximum atomic E-state index is 12.6. The summed E-state index contributed by atoms with van der Waals surface area (Å²) in [7, 11) is 0. The Morgan fingerprint density at radius 2 is 2.23 bits per heavy atom. The van der Waals surface area contributed by atoms with Crippen LogP contribution in [0.4, 0.5) is 5.69 Å². The molecule has 6 nitrogen and oxygen atoms in total. The van der Waals surface area contributed by atoms with E-state index >= 15 is 0 Å². The summed E-state index contributed by atoms with van der Waals surface area (Å²) in [6.07, 6.45) is 3.31. The Bertz CT molecular complexity index is 788. The van der Waals surface area contributed by atoms with Gasteiger partial charge in [0, 0.05) is 12.7 Å². The highest BCUT2D eigenvalue weighted by atomic mass is 16.5. The number of anilines is 1. The van der Waals surface area contributed by atoms with E-state index in [0.717, 1.165) is 55.4 Å². The van der Waals surface area contributed by atoms with Gasteiger partial charge in [0.1, 0.15) is 17.6 Å². The number of carbonyl (C=O) groups is 1. The molecule has 2 aliphatic heterocycles. The number of likely N-dealkylation sites (tertiary alicyclic amines) is 1. The van der Waals surface area contributed by atoms with E-state index in [0.29, 0.717) is 5.92 Å². The number of piperidine rings is 1. The average molecular weight is 355 g/mol. The fourth-order valence-corrected chi connectivity index (χ4v) is 3.93. The lowest BCUT2D eigenvalue weighted by molar-refractivity contribution is -0.127. The molecule has 0 radical (unpaired) electrons. The molecule has 4 heterocycles. The summed E-state index contributed by atoms with van der Waals surface area (Å²) >= 11 is 0. The summed E-state index contributed by atoms with van der Waals surface area (Å²) in [5.74, 6) is 2.31. The lowest BCUT2D eigenvalue weighted by atomic mass is 9.91. The predicted molar refractivity (Wildman–Crippen MR) is 97.7 cm³/mol. The summed E-state index contributed by atoms with van der Waals surface area (Å²) < 4.78 is 11.8. The van der Waals surface area contributed by atoms with E-state index in [1.54, 1.807) is 6.20 Å². The quantitative estimate of drug-likeness (QED) is 0.913. The van der Waals surface area contributed by atoms with Gasteiger partial charge in [0.25, 0.3) is 5.91 Å². The van der Waals surface area contributed by atoms with Gasteiger partial charge in [0.15, 0.2) is 0 Å². The fraction of sp³-hybridized carbons (Fsp3) is 0.500. The molecule has 0 spiro atoms. The van der Waals surface area contributed by atoms with Gasteiger partial charge in [-0.15, -0.1) is 0 Å². The van der Waals surface area contributed by atoms with Gasteiger partial charge in [-0.1, -0.05) is 0 Å². The number of nitrogens with zero attached hydrogens (tertiary/aromatic N) is 2. The normalized spacial score (nSPS) is 25.8. The lowest BCUT2D eigenvalue weighted by Gasteiger charge is -2.33. The summed E-state index contributed by atoms with van der Waals surface area (Å²) in [4.78, 5) is 19.2. The first kappa shape index (κ1) is 17.2. The molecule has 2 saturated heterocycles. The number of carbonyl (C=O) groups excluding carboxylic acids is 1. The van der Waals surface area contributed by atoms with Crippen molar-refractivity contribution in [2.75, 3.05) is 18.4 Å². The number of nitrogens with one attached hydrogen (secondary N) is 1. The molecule has 2 fully saturated rings. The third-order valence-corrected chi connectivity index (χ3v) is 5.37. The Hall–Kier alpha value is -2.18. The van der Waals surface area contributed by atoms with E-state index < -0.39 is 0 Å². The van der Waals surface area contributed by atoms with Crippen LogP contribution in [0.1, 0.15) is 30.1 Å². The molecule has 26 heavy (non-hydrogen) atoms. The van der Waals surface area contributed by atoms with E-state index in [9.17, 15) is 4.79 Å². The Balaban J connectivity index is 1.34. The van der Waals surface area contributed by atoms with Crippen molar-refractivity contribution >= 4 is 11.6 Å². The first-order chi connectivity index (χ1) is 12.6. The molecule has 6 heteroatoms. The summed E-state index contributed by atoms with van der Waals surface area (Å²) in [5, 5.41) is 2.96. The third kappa shape index (κ3) is 3.66. The Kier molecular flexibility index (Phi) is 4.78. The van der Waals surface area contributed by atoms with Crippen molar-refractivity contribution in [3.8, 4) is 0 Å². The van der Waals surface area contributed by atoms with Crippen molar-refractivity contribution in [3.05, 3.63) is 47.7 Å². The second-order valence-electron chi connectivity index (χ2n) is 7.32. The zero-order valence-electron chi connectivity index (χ0n) is 15.3. The van der Waals surface area contributed by atoms with E-state index in [1.165, 1.54) is 0 Å². The number of amides is 1. The summed E-state index contributed by atoms with van der Waals surface area (Å²) in [6.45, 7) is 6.51. The monoisotopic (exact) mass is 355 g/mol. The molecule has 0 aromatic carbocycles. The zero-order valence-corrected chi connectivity index (χ0v) is 15.3. The average Bonchev–Trinajstić information content (AvgIpc) is 3.22. The molecule has 2 aromatic heterocycles. The van der Waals surface area contributed by atoms with Gasteiger partial charge in [0.05, 0.1) is 24.0 Å². The third-order valence-electron chi connectivity index (χ3n) is 5.37. The number of aryl methyl sites for hydroxylation is 2. The number of fused-ring (bicyclic) bond motifs is 1. The number of hydrogen-bond donors (Lipinski definition) is 1. The number of rotatable bonds is 4. The Morgan fingerprint density at radius 3 is 3.00 bits per heavy atom. The van der Waals surface area contributed by atoms with Crippen LogP contribution in [-0.2, 0) is 16.1 Å². The largest absolute Gasteiger partial charge is 0.465 e. The Morgan fingerprint density at radius 1 is 1.35 bits per heavy atom. The maximum Gasteiger partial charge on any atom is 0.253 e. The minimum Gasteiger partial charge on any atom is -0.465 e. The number of furan rings is 1. The molecular weight excluding hydrogens is 330 g/mol. The van der Waals surface area contributed by atoms with Crippen molar-refractivity contribution in [2.45, 2.75) is 45.4 Å². The molecular formula is C20H25N3O3. The molecule has 2 aliphatic rings. The molecule has 4 rings (SSSR count). The fourth-order valence-electron chi connectivity index (χ4n) is 3.93. The maximum absolute atomic E-state index is 12.6. The van der Waals surface area contributed by atoms with Gasteiger partial charge >= 0.3 is 0 Å². The van der Waals surface area contributed by atoms with E-state index in [-0.39, 0.29) is 18.1 Å². The minimum absolute atomic E-state index is 0.0660. The number of ether oxygens (including phenoxy) is 1. The van der Waals surface area contributed by atoms with Crippen LogP contribution < -0.4 is 5.32 Å². The molecule has 138 valence electrons. The van der Waals surface area contributed by atoms with Crippen molar-refractivity contribution in [2.24, 2.45) is 5.92 Å². The van der Waals surface area contributed by atoms with Crippen molar-refractivity contribution in [1.82, 2.24) is 9.88 Å². The molecule has 0 unspecified atom stereocenters. The molecule has 2 aromatic rings. The van der Waals surface area contributed by atoms with Crippen molar-refractivity contribution in [3.63, 3.8) is 0 Å². The van der Waals surface area contributed by atoms with Crippen molar-refractivity contribution in [1.29, 1.82) is 0 Å². The predicted octanol–water partition coefficient (Wildman–Crippen LogP) is 2.91. The standard InChI is InChI=1S/C20H25N3O3/c1-13-5-6-16(25-13)11-23-9-7-15-10-18(26-19(15)12-23)20(24)22-17-4-3-8-21-14(17)2/h3-6,8,15,18-19H,7,9-12H2,1-2H3,(H,22,24)/t15-,18+,19+/m1/s1. The topological polar surface area (TPSA) is 67.6 Å². The van der Waals surface area contributed by atoms with E-state index in [2.05, 4.69) is 15.2 Å². The number of aromatic nitrogens is 1. The van der Waals surface area contributed by atoms with Gasteiger partial charge in [-0.05, 0) is 63.4 Å². The zero-order chi connectivity index (χ0) is 18.1. The van der Waals surface area contributed by atoms with Gasteiger partial charge in [0.2, 0.25) is 0 Å². The van der Waals surface area contributed by atoms with Crippen LogP contribution in [-0.4, -0.2) is 41.1 Å². The first-order valence-electron chi connectivity index (χ1n) is 9.24. The second kappa shape index (κ2) is 7.21. The van der Waals surface area contributed by atoms with Crippen LogP contribution in [0, 0.1) is 19.8 Å². The molecule has 1 amide bonds. The Labute approximate surface area is 153 Å². The molecule has 1 N–H and O–H groups in total. The van der Waals surface area contributed by atoms with Gasteiger partial charge in [-0.25, -0.2) is 0 Å². The number of pyridine rings is 1. The van der Waals surface area contributed by atoms with Crippen molar-refractivity contribution < 1.29 is 13.9 Å². The van der Waals surface area contributed by atoms with Crippen LogP contribution in [0.5, 0.6) is 0 Å². The van der Waals surface area contributed by atoms with Crippen LogP contribution in [0.3, 0.4) is 0 Å². The van der Waals surface area contributed by atoms with Gasteiger partial charge in [-0.2, -0.15) is 0 Å². The van der Waals surface area contributed by atoms with Gasteiger partial charge < -0.3 is 14.5 Å². The number of hydrogen-bond acceptors (Lipinski definition) is 5. The SMILES string of the molecule is Cc1ccc(CN2CC[C@@H]3C[C@@H](C(=O)Nc4cccnc4C)O[C@H]3C2)o1. The summed E-state index contributed by atoms with van der Waals surface area (Å²) in [6, 6.07) is 7.72. The molecule has 0 saturated carbocycles. The lowest BCUT2D eigenvalue weighted by Crippen LogP contribution is -2.41. The molecule has 3 atom stereocenters. The van der Waals surface area contributed by atoms with Crippen LogP contribution in [0.2, 0.25) is 0 Å². The highest BCUT2D eigenvalue weighted by molar-refractivity contribution is 5.94. The van der Waals surface area contributed by atoms with Crippen LogP contribution >= 0.6 is 0 Å². The smallest absolute Gasteiger partial charge is 0.253 e. The summed E-state index contributed by atoms with van der Waals surface area (Å²) in [5.41, 5.74) is 1.57. The minimum atomic E-state index is -0.379. The molecule has 0 aliphatic carbocycles. The van der Waals surface area contributed by atoms with Gasteiger partial charge in [-0.3, -0.25) is 14.7 Å². The molecule has 0 bridgehead atoms. The highest BCUT2D eigenvalue weighted by Gasteiger charge is 2.42. The first-order valence-corrected chi connectivity index (χ1v) is 9.24. The van der Waals surface area contributed by atoms with E-state index in [1.807, 2.05) is 38.1 Å². The van der Waals surface area contributed by atoms with E-state index in [4.69, 9.17) is 9.15 Å².